The van der Waals surface area contributed by atoms with Gasteiger partial charge in [-0.2, -0.15) is 0 Å². The van der Waals surface area contributed by atoms with Crippen molar-refractivity contribution in [1.29, 1.82) is 0 Å². The van der Waals surface area contributed by atoms with Gasteiger partial charge in [0.15, 0.2) is 5.96 Å². The van der Waals surface area contributed by atoms with E-state index in [-0.39, 0.29) is 5.91 Å². The summed E-state index contributed by atoms with van der Waals surface area (Å²) in [6, 6.07) is 5.75. The first-order valence-electron chi connectivity index (χ1n) is 9.86. The molecule has 1 aliphatic rings. The number of benzene rings is 1. The van der Waals surface area contributed by atoms with Gasteiger partial charge in [0.2, 0.25) is 5.91 Å². The molecule has 156 valence electrons. The smallest absolute Gasteiger partial charge is 0.219 e. The Balaban J connectivity index is 1.75. The molecule has 1 aromatic rings. The highest BCUT2D eigenvalue weighted by molar-refractivity contribution is 6.31. The quantitative estimate of drug-likeness (QED) is 0.504. The maximum Gasteiger partial charge on any atom is 0.219 e. The summed E-state index contributed by atoms with van der Waals surface area (Å²) in [6.07, 6.45) is 0.806. The number of halogens is 1. The second-order valence-electron chi connectivity index (χ2n) is 6.74. The third-order valence-electron chi connectivity index (χ3n) is 4.80. The molecule has 7 nitrogen and oxygen atoms in total. The normalized spacial score (nSPS) is 15.4. The van der Waals surface area contributed by atoms with Crippen LogP contribution in [0.1, 0.15) is 19.4 Å². The average molecular weight is 410 g/mol. The first-order valence-corrected chi connectivity index (χ1v) is 10.2. The molecule has 1 aromatic carbocycles. The van der Waals surface area contributed by atoms with Gasteiger partial charge in [0.1, 0.15) is 5.75 Å². The second kappa shape index (κ2) is 11.8. The molecule has 1 amide bonds. The second-order valence-corrected chi connectivity index (χ2v) is 7.15. The number of carbonyl (C=O) groups is 1. The first kappa shape index (κ1) is 22.3. The molecule has 1 fully saturated rings. The molecule has 0 unspecified atom stereocenters. The minimum atomic E-state index is 0.160. The number of aliphatic imine (C=N–C) groups is 1. The average Bonchev–Trinajstić information content (AvgIpc) is 2.69. The summed E-state index contributed by atoms with van der Waals surface area (Å²) < 4.78 is 5.18. The number of hydrogen-bond acceptors (Lipinski definition) is 4. The Morgan fingerprint density at radius 3 is 2.61 bits per heavy atom. The number of ether oxygens (including phenoxy) is 1. The van der Waals surface area contributed by atoms with Crippen LogP contribution in [0.5, 0.6) is 5.75 Å². The van der Waals surface area contributed by atoms with Crippen molar-refractivity contribution in [3.8, 4) is 5.75 Å². The van der Waals surface area contributed by atoms with Crippen LogP contribution >= 0.6 is 11.6 Å². The van der Waals surface area contributed by atoms with E-state index in [9.17, 15) is 4.79 Å². The summed E-state index contributed by atoms with van der Waals surface area (Å²) in [7, 11) is 1.63. The lowest BCUT2D eigenvalue weighted by atomic mass is 10.1. The Kier molecular flexibility index (Phi) is 9.37. The number of rotatable bonds is 8. The van der Waals surface area contributed by atoms with Crippen molar-refractivity contribution in [2.45, 2.75) is 20.3 Å². The zero-order chi connectivity index (χ0) is 20.4. The Morgan fingerprint density at radius 2 is 2.00 bits per heavy atom. The van der Waals surface area contributed by atoms with E-state index in [0.29, 0.717) is 5.02 Å². The summed E-state index contributed by atoms with van der Waals surface area (Å²) in [5, 5.41) is 7.35. The highest BCUT2D eigenvalue weighted by atomic mass is 35.5. The lowest BCUT2D eigenvalue weighted by Gasteiger charge is -2.33. The highest BCUT2D eigenvalue weighted by Crippen LogP contribution is 2.22. The van der Waals surface area contributed by atoms with Gasteiger partial charge < -0.3 is 20.3 Å². The fourth-order valence-electron chi connectivity index (χ4n) is 3.10. The number of nitrogens with one attached hydrogen (secondary N) is 2. The monoisotopic (exact) mass is 409 g/mol. The maximum atomic E-state index is 11.4. The van der Waals surface area contributed by atoms with Gasteiger partial charge in [0, 0.05) is 57.8 Å². The van der Waals surface area contributed by atoms with Gasteiger partial charge in [0.05, 0.1) is 13.7 Å². The van der Waals surface area contributed by atoms with Gasteiger partial charge in [-0.25, -0.2) is 0 Å². The van der Waals surface area contributed by atoms with E-state index in [4.69, 9.17) is 16.3 Å². The number of carbonyl (C=O) groups excluding carboxylic acids is 1. The van der Waals surface area contributed by atoms with Gasteiger partial charge in [-0.3, -0.25) is 14.7 Å². The minimum Gasteiger partial charge on any atom is -0.497 e. The van der Waals surface area contributed by atoms with Crippen molar-refractivity contribution in [3.63, 3.8) is 0 Å². The standard InChI is InChI=1S/C20H32ClN5O2/c1-4-22-20(23-8-7-17-5-6-18(28-3)15-19(17)21)24-9-10-25-11-13-26(14-12-25)16(2)27/h5-6,15H,4,7-14H2,1-3H3,(H2,22,23,24). The van der Waals surface area contributed by atoms with Crippen molar-refractivity contribution < 1.29 is 9.53 Å². The van der Waals surface area contributed by atoms with Crippen molar-refractivity contribution in [1.82, 2.24) is 20.4 Å². The zero-order valence-corrected chi connectivity index (χ0v) is 17.9. The van der Waals surface area contributed by atoms with E-state index in [1.165, 1.54) is 0 Å². The fourth-order valence-corrected chi connectivity index (χ4v) is 3.37. The van der Waals surface area contributed by atoms with Crippen molar-refractivity contribution in [2.75, 3.05) is 59.5 Å². The molecule has 28 heavy (non-hydrogen) atoms. The molecule has 0 aromatic heterocycles. The Hall–Kier alpha value is -1.99. The topological polar surface area (TPSA) is 69.2 Å². The molecule has 0 spiro atoms. The maximum absolute atomic E-state index is 11.4. The van der Waals surface area contributed by atoms with E-state index in [1.807, 2.05) is 23.1 Å². The van der Waals surface area contributed by atoms with Gasteiger partial charge in [-0.05, 0) is 31.0 Å². The Labute approximate surface area is 173 Å². The van der Waals surface area contributed by atoms with E-state index in [1.54, 1.807) is 14.0 Å². The molecule has 0 bridgehead atoms. The van der Waals surface area contributed by atoms with E-state index in [0.717, 1.165) is 76.1 Å². The predicted molar refractivity (Wildman–Crippen MR) is 114 cm³/mol. The highest BCUT2D eigenvalue weighted by Gasteiger charge is 2.17. The summed E-state index contributed by atoms with van der Waals surface area (Å²) in [5.74, 6) is 1.74. The molecule has 1 saturated heterocycles. The number of amides is 1. The number of methoxy groups -OCH3 is 1. The Morgan fingerprint density at radius 1 is 1.25 bits per heavy atom. The van der Waals surface area contributed by atoms with Crippen LogP contribution in [-0.2, 0) is 11.2 Å². The lowest BCUT2D eigenvalue weighted by molar-refractivity contribution is -0.130. The van der Waals surface area contributed by atoms with Crippen LogP contribution in [0.3, 0.4) is 0 Å². The lowest BCUT2D eigenvalue weighted by Crippen LogP contribution is -2.48. The van der Waals surface area contributed by atoms with E-state index < -0.39 is 0 Å². The van der Waals surface area contributed by atoms with Crippen molar-refractivity contribution >= 4 is 23.5 Å². The molecule has 0 aliphatic carbocycles. The van der Waals surface area contributed by atoms with E-state index in [2.05, 4.69) is 27.4 Å². The predicted octanol–water partition coefficient (Wildman–Crippen LogP) is 1.61. The SMILES string of the molecule is CCNC(=NCCN1CCN(C(C)=O)CC1)NCCc1ccc(OC)cc1Cl. The number of nitrogens with zero attached hydrogens (tertiary/aromatic N) is 3. The molecule has 0 radical (unpaired) electrons. The summed E-state index contributed by atoms with van der Waals surface area (Å²) in [5.41, 5.74) is 1.08. The van der Waals surface area contributed by atoms with Crippen LogP contribution in [-0.4, -0.2) is 81.1 Å². The molecule has 8 heteroatoms. The minimum absolute atomic E-state index is 0.160. The molecule has 2 N–H and O–H groups in total. The fraction of sp³-hybridized carbons (Fsp3) is 0.600. The van der Waals surface area contributed by atoms with Crippen molar-refractivity contribution in [3.05, 3.63) is 28.8 Å². The molecule has 0 atom stereocenters. The van der Waals surface area contributed by atoms with Crippen LogP contribution in [0, 0.1) is 0 Å². The van der Waals surface area contributed by atoms with Crippen LogP contribution in [0.2, 0.25) is 5.02 Å². The summed E-state index contributed by atoms with van der Waals surface area (Å²) in [6.45, 7) is 10.3. The number of piperazine rings is 1. The van der Waals surface area contributed by atoms with Gasteiger partial charge in [-0.15, -0.1) is 0 Å². The molecule has 1 aliphatic heterocycles. The van der Waals surface area contributed by atoms with Crippen LogP contribution in [0.25, 0.3) is 0 Å². The molecule has 1 heterocycles. The number of guanidine groups is 1. The van der Waals surface area contributed by atoms with Gasteiger partial charge in [0.25, 0.3) is 0 Å². The van der Waals surface area contributed by atoms with Gasteiger partial charge in [-0.1, -0.05) is 17.7 Å². The van der Waals surface area contributed by atoms with Gasteiger partial charge >= 0.3 is 0 Å². The summed E-state index contributed by atoms with van der Waals surface area (Å²) >= 11 is 6.30. The first-order chi connectivity index (χ1) is 13.5. The molecule has 2 rings (SSSR count). The Bertz CT molecular complexity index is 660. The van der Waals surface area contributed by atoms with Crippen LogP contribution < -0.4 is 15.4 Å². The van der Waals surface area contributed by atoms with Crippen LogP contribution in [0.4, 0.5) is 0 Å². The van der Waals surface area contributed by atoms with E-state index >= 15 is 0 Å². The van der Waals surface area contributed by atoms with Crippen LogP contribution in [0.15, 0.2) is 23.2 Å². The zero-order valence-electron chi connectivity index (χ0n) is 17.1. The summed E-state index contributed by atoms with van der Waals surface area (Å²) in [4.78, 5) is 20.3. The van der Waals surface area contributed by atoms with Crippen molar-refractivity contribution in [2.24, 2.45) is 4.99 Å². The molecular formula is C20H32ClN5O2. The molecule has 0 saturated carbocycles. The third kappa shape index (κ3) is 7.20. The number of hydrogen-bond donors (Lipinski definition) is 2. The molecular weight excluding hydrogens is 378 g/mol. The third-order valence-corrected chi connectivity index (χ3v) is 5.15. The largest absolute Gasteiger partial charge is 0.497 e.